The number of unbranched alkanes of at least 4 members (excludes halogenated alkanes) is 4. The van der Waals surface area contributed by atoms with Crippen LogP contribution in [0.3, 0.4) is 0 Å². The van der Waals surface area contributed by atoms with Crippen molar-refractivity contribution in [3.63, 3.8) is 0 Å². The van der Waals surface area contributed by atoms with Crippen LogP contribution in [0.15, 0.2) is 18.5 Å². The number of pyridine rings is 1. The van der Waals surface area contributed by atoms with Gasteiger partial charge in [-0.1, -0.05) is 39.0 Å². The lowest BCUT2D eigenvalue weighted by molar-refractivity contribution is 0.401. The molecule has 96 valence electrons. The van der Waals surface area contributed by atoms with Crippen molar-refractivity contribution in [3.05, 3.63) is 24.0 Å². The Labute approximate surface area is 104 Å². The van der Waals surface area contributed by atoms with Crippen molar-refractivity contribution in [3.8, 4) is 5.75 Å². The summed E-state index contributed by atoms with van der Waals surface area (Å²) in [6.07, 6.45) is 10.9. The van der Waals surface area contributed by atoms with E-state index in [1.807, 2.05) is 6.07 Å². The second kappa shape index (κ2) is 8.07. The minimum atomic E-state index is 0.0644. The van der Waals surface area contributed by atoms with E-state index in [2.05, 4.69) is 11.9 Å². The van der Waals surface area contributed by atoms with Crippen LogP contribution in [0, 0.1) is 0 Å². The minimum Gasteiger partial charge on any atom is -0.495 e. The molecule has 0 saturated heterocycles. The van der Waals surface area contributed by atoms with Gasteiger partial charge >= 0.3 is 0 Å². The maximum atomic E-state index is 6.18. The molecule has 1 rings (SSSR count). The number of ether oxygens (including phenoxy) is 1. The SMILES string of the molecule is CCCCCCCC(N)c1ccncc1OC. The van der Waals surface area contributed by atoms with Gasteiger partial charge in [-0.2, -0.15) is 0 Å². The molecule has 1 unspecified atom stereocenters. The van der Waals surface area contributed by atoms with E-state index in [4.69, 9.17) is 10.5 Å². The van der Waals surface area contributed by atoms with Crippen LogP contribution in [0.1, 0.15) is 57.1 Å². The van der Waals surface area contributed by atoms with Gasteiger partial charge in [0.1, 0.15) is 5.75 Å². The van der Waals surface area contributed by atoms with Gasteiger partial charge in [-0.15, -0.1) is 0 Å². The molecule has 0 fully saturated rings. The molecule has 0 aliphatic heterocycles. The summed E-state index contributed by atoms with van der Waals surface area (Å²) in [4.78, 5) is 4.04. The van der Waals surface area contributed by atoms with Gasteiger partial charge in [-0.05, 0) is 12.5 Å². The van der Waals surface area contributed by atoms with E-state index in [9.17, 15) is 0 Å². The fraction of sp³-hybridized carbons (Fsp3) is 0.643. The van der Waals surface area contributed by atoms with Crippen molar-refractivity contribution in [1.29, 1.82) is 0 Å². The fourth-order valence-electron chi connectivity index (χ4n) is 1.99. The Kier molecular flexibility index (Phi) is 6.63. The molecule has 0 bridgehead atoms. The first kappa shape index (κ1) is 14.0. The molecular weight excluding hydrogens is 212 g/mol. The Morgan fingerprint density at radius 2 is 2.06 bits per heavy atom. The quantitative estimate of drug-likeness (QED) is 0.703. The molecule has 1 atom stereocenters. The molecule has 0 radical (unpaired) electrons. The lowest BCUT2D eigenvalue weighted by atomic mass is 10.0. The number of rotatable bonds is 8. The maximum absolute atomic E-state index is 6.18. The Balaban J connectivity index is 2.38. The van der Waals surface area contributed by atoms with E-state index >= 15 is 0 Å². The summed E-state index contributed by atoms with van der Waals surface area (Å²) in [6, 6.07) is 2.02. The number of nitrogens with zero attached hydrogens (tertiary/aromatic N) is 1. The highest BCUT2D eigenvalue weighted by molar-refractivity contribution is 5.32. The average molecular weight is 236 g/mol. The average Bonchev–Trinajstić information content (AvgIpc) is 2.38. The van der Waals surface area contributed by atoms with Crippen molar-refractivity contribution in [2.24, 2.45) is 5.73 Å². The van der Waals surface area contributed by atoms with E-state index in [-0.39, 0.29) is 6.04 Å². The lowest BCUT2D eigenvalue weighted by Gasteiger charge is -2.14. The predicted octanol–water partition coefficient (Wildman–Crippen LogP) is 3.45. The van der Waals surface area contributed by atoms with Crippen molar-refractivity contribution in [2.75, 3.05) is 7.11 Å². The zero-order valence-corrected chi connectivity index (χ0v) is 11.0. The number of nitrogens with two attached hydrogens (primary N) is 1. The minimum absolute atomic E-state index is 0.0644. The highest BCUT2D eigenvalue weighted by Gasteiger charge is 2.10. The van der Waals surface area contributed by atoms with Gasteiger partial charge < -0.3 is 10.5 Å². The number of aromatic nitrogens is 1. The normalized spacial score (nSPS) is 12.4. The van der Waals surface area contributed by atoms with Gasteiger partial charge in [0.15, 0.2) is 0 Å². The van der Waals surface area contributed by atoms with Crippen LogP contribution < -0.4 is 10.5 Å². The summed E-state index contributed by atoms with van der Waals surface area (Å²) in [6.45, 7) is 2.23. The molecule has 0 aliphatic rings. The largest absolute Gasteiger partial charge is 0.495 e. The summed E-state index contributed by atoms with van der Waals surface area (Å²) < 4.78 is 5.27. The van der Waals surface area contributed by atoms with E-state index in [1.165, 1.54) is 32.1 Å². The molecular formula is C14H24N2O. The van der Waals surface area contributed by atoms with E-state index in [0.717, 1.165) is 17.7 Å². The monoisotopic (exact) mass is 236 g/mol. The van der Waals surface area contributed by atoms with Crippen molar-refractivity contribution < 1.29 is 4.74 Å². The van der Waals surface area contributed by atoms with E-state index in [1.54, 1.807) is 19.5 Å². The van der Waals surface area contributed by atoms with Gasteiger partial charge in [0.2, 0.25) is 0 Å². The van der Waals surface area contributed by atoms with E-state index in [0.29, 0.717) is 0 Å². The summed E-state index contributed by atoms with van der Waals surface area (Å²) in [7, 11) is 1.66. The molecule has 0 aliphatic carbocycles. The van der Waals surface area contributed by atoms with Crippen LogP contribution in [-0.2, 0) is 0 Å². The van der Waals surface area contributed by atoms with Gasteiger partial charge in [0.05, 0.1) is 13.3 Å². The highest BCUT2D eigenvalue weighted by atomic mass is 16.5. The highest BCUT2D eigenvalue weighted by Crippen LogP contribution is 2.25. The van der Waals surface area contributed by atoms with Crippen molar-refractivity contribution >= 4 is 0 Å². The maximum Gasteiger partial charge on any atom is 0.141 e. The van der Waals surface area contributed by atoms with Crippen molar-refractivity contribution in [2.45, 2.75) is 51.5 Å². The summed E-state index contributed by atoms with van der Waals surface area (Å²) >= 11 is 0. The van der Waals surface area contributed by atoms with Gasteiger partial charge in [0.25, 0.3) is 0 Å². The van der Waals surface area contributed by atoms with Crippen LogP contribution >= 0.6 is 0 Å². The molecule has 3 nitrogen and oxygen atoms in total. The summed E-state index contributed by atoms with van der Waals surface area (Å²) in [5.74, 6) is 0.800. The van der Waals surface area contributed by atoms with Crippen molar-refractivity contribution in [1.82, 2.24) is 4.98 Å². The van der Waals surface area contributed by atoms with Crippen LogP contribution in [0.2, 0.25) is 0 Å². The fourth-order valence-corrected chi connectivity index (χ4v) is 1.99. The molecule has 0 amide bonds. The molecule has 0 aromatic carbocycles. The topological polar surface area (TPSA) is 48.1 Å². The van der Waals surface area contributed by atoms with E-state index < -0.39 is 0 Å². The Morgan fingerprint density at radius 1 is 1.29 bits per heavy atom. The lowest BCUT2D eigenvalue weighted by Crippen LogP contribution is -2.11. The Morgan fingerprint density at radius 3 is 2.76 bits per heavy atom. The summed E-state index contributed by atoms with van der Waals surface area (Å²) in [5.41, 5.74) is 7.25. The first-order valence-electron chi connectivity index (χ1n) is 6.53. The predicted molar refractivity (Wildman–Crippen MR) is 71.1 cm³/mol. The van der Waals surface area contributed by atoms with Crippen LogP contribution in [0.25, 0.3) is 0 Å². The number of methoxy groups -OCH3 is 1. The Hall–Kier alpha value is -1.09. The van der Waals surface area contributed by atoms with Crippen LogP contribution in [0.4, 0.5) is 0 Å². The molecule has 0 saturated carbocycles. The third-order valence-corrected chi connectivity index (χ3v) is 3.05. The van der Waals surface area contributed by atoms with Gasteiger partial charge in [-0.3, -0.25) is 4.98 Å². The molecule has 0 spiro atoms. The van der Waals surface area contributed by atoms with Crippen LogP contribution in [-0.4, -0.2) is 12.1 Å². The molecule has 2 N–H and O–H groups in total. The van der Waals surface area contributed by atoms with Gasteiger partial charge in [-0.25, -0.2) is 0 Å². The number of hydrogen-bond donors (Lipinski definition) is 1. The molecule has 1 aromatic heterocycles. The number of hydrogen-bond acceptors (Lipinski definition) is 3. The van der Waals surface area contributed by atoms with Gasteiger partial charge in [0, 0.05) is 17.8 Å². The zero-order chi connectivity index (χ0) is 12.5. The molecule has 3 heteroatoms. The smallest absolute Gasteiger partial charge is 0.141 e. The molecule has 1 heterocycles. The zero-order valence-electron chi connectivity index (χ0n) is 11.0. The summed E-state index contributed by atoms with van der Waals surface area (Å²) in [5, 5.41) is 0. The third-order valence-electron chi connectivity index (χ3n) is 3.05. The third kappa shape index (κ3) is 4.73. The first-order valence-corrected chi connectivity index (χ1v) is 6.53. The molecule has 1 aromatic rings. The molecule has 17 heavy (non-hydrogen) atoms. The Bertz CT molecular complexity index is 315. The van der Waals surface area contributed by atoms with Crippen LogP contribution in [0.5, 0.6) is 5.75 Å². The first-order chi connectivity index (χ1) is 8.29. The second-order valence-electron chi connectivity index (χ2n) is 4.43. The standard InChI is InChI=1S/C14H24N2O/c1-3-4-5-6-7-8-13(15)12-9-10-16-11-14(12)17-2/h9-11,13H,3-8,15H2,1-2H3. The second-order valence-corrected chi connectivity index (χ2v) is 4.43.